The van der Waals surface area contributed by atoms with Gasteiger partial charge in [0.15, 0.2) is 0 Å². The predicted octanol–water partition coefficient (Wildman–Crippen LogP) is 4.00. The van der Waals surface area contributed by atoms with Gasteiger partial charge in [-0.2, -0.15) is 8.42 Å². The number of carbonyl (C=O) groups excluding carboxylic acids is 1. The fraction of sp³-hybridized carbons (Fsp3) is 0.316. The Morgan fingerprint density at radius 1 is 1.22 bits per heavy atom. The highest BCUT2D eigenvalue weighted by molar-refractivity contribution is 7.86. The molecule has 2 aromatic carbocycles. The van der Waals surface area contributed by atoms with E-state index in [1.807, 2.05) is 13.8 Å². The Balaban J connectivity index is 2.13. The molecule has 0 radical (unpaired) electrons. The van der Waals surface area contributed by atoms with E-state index in [0.717, 1.165) is 18.2 Å². The number of hydrogen-bond acceptors (Lipinski definition) is 4. The van der Waals surface area contributed by atoms with Crippen LogP contribution in [0.15, 0.2) is 48.5 Å². The molecule has 0 aliphatic heterocycles. The molecule has 0 bridgehead atoms. The molecular formula is C19H23FN2O4S. The summed E-state index contributed by atoms with van der Waals surface area (Å²) in [6, 6.07) is 11.8. The number of hydrogen-bond donors (Lipinski definition) is 1. The molecule has 2 amide bonds. The summed E-state index contributed by atoms with van der Waals surface area (Å²) in [4.78, 5) is 14.3. The molecule has 0 aromatic heterocycles. The highest BCUT2D eigenvalue weighted by Crippen LogP contribution is 2.18. The molecule has 1 unspecified atom stereocenters. The fourth-order valence-corrected chi connectivity index (χ4v) is 2.89. The molecule has 6 nitrogen and oxygen atoms in total. The molecule has 0 saturated carbocycles. The normalized spacial score (nSPS) is 12.3. The fourth-order valence-electron chi connectivity index (χ4n) is 2.43. The summed E-state index contributed by atoms with van der Waals surface area (Å²) >= 11 is 0. The summed E-state index contributed by atoms with van der Waals surface area (Å²) in [6.45, 7) is 4.21. The minimum absolute atomic E-state index is 0.0505. The summed E-state index contributed by atoms with van der Waals surface area (Å²) < 4.78 is 40.5. The van der Waals surface area contributed by atoms with Gasteiger partial charge in [-0.15, -0.1) is 0 Å². The van der Waals surface area contributed by atoms with Gasteiger partial charge in [0.1, 0.15) is 11.6 Å². The molecule has 0 fully saturated rings. The zero-order chi connectivity index (χ0) is 20.0. The topological polar surface area (TPSA) is 75.7 Å². The van der Waals surface area contributed by atoms with Crippen molar-refractivity contribution in [1.82, 2.24) is 4.90 Å². The van der Waals surface area contributed by atoms with Gasteiger partial charge < -0.3 is 14.4 Å². The number of amides is 2. The number of benzene rings is 2. The number of anilines is 1. The molecular weight excluding hydrogens is 371 g/mol. The first-order valence-electron chi connectivity index (χ1n) is 8.49. The van der Waals surface area contributed by atoms with Crippen LogP contribution in [0.5, 0.6) is 5.75 Å². The Morgan fingerprint density at radius 3 is 2.44 bits per heavy atom. The van der Waals surface area contributed by atoms with Crippen LogP contribution >= 0.6 is 0 Å². The lowest BCUT2D eigenvalue weighted by Gasteiger charge is -2.29. The summed E-state index contributed by atoms with van der Waals surface area (Å²) in [5.41, 5.74) is 1.19. The van der Waals surface area contributed by atoms with Crippen molar-refractivity contribution >= 4 is 21.8 Å². The van der Waals surface area contributed by atoms with E-state index in [-0.39, 0.29) is 17.8 Å². The summed E-state index contributed by atoms with van der Waals surface area (Å²) in [6.07, 6.45) is 1.72. The molecule has 2 rings (SSSR count). The molecule has 0 heterocycles. The van der Waals surface area contributed by atoms with Crippen molar-refractivity contribution in [3.8, 4) is 5.75 Å². The third-order valence-corrected chi connectivity index (χ3v) is 4.48. The van der Waals surface area contributed by atoms with Gasteiger partial charge in [-0.05, 0) is 49.2 Å². The molecule has 146 valence electrons. The Morgan fingerprint density at radius 2 is 1.89 bits per heavy atom. The van der Waals surface area contributed by atoms with Crippen molar-refractivity contribution in [2.45, 2.75) is 32.9 Å². The average Bonchev–Trinajstić information content (AvgIpc) is 2.59. The van der Waals surface area contributed by atoms with E-state index < -0.39 is 15.9 Å². The lowest BCUT2D eigenvalue weighted by Crippen LogP contribution is -2.40. The van der Waals surface area contributed by atoms with E-state index in [9.17, 15) is 17.6 Å². The third-order valence-electron chi connectivity index (χ3n) is 3.98. The van der Waals surface area contributed by atoms with Crippen LogP contribution in [-0.4, -0.2) is 31.6 Å². The van der Waals surface area contributed by atoms with Crippen molar-refractivity contribution in [3.05, 3.63) is 59.9 Å². The van der Waals surface area contributed by atoms with E-state index >= 15 is 0 Å². The van der Waals surface area contributed by atoms with Crippen LogP contribution in [0.3, 0.4) is 0 Å². The molecule has 0 saturated heterocycles. The second-order valence-electron chi connectivity index (χ2n) is 6.26. The van der Waals surface area contributed by atoms with E-state index in [2.05, 4.69) is 5.32 Å². The first kappa shape index (κ1) is 20.7. The van der Waals surface area contributed by atoms with Crippen LogP contribution < -0.4 is 9.50 Å². The summed E-state index contributed by atoms with van der Waals surface area (Å²) in [7, 11) is -3.59. The van der Waals surface area contributed by atoms with E-state index in [0.29, 0.717) is 12.2 Å². The maximum absolute atomic E-state index is 13.3. The van der Waals surface area contributed by atoms with Crippen LogP contribution in [0.2, 0.25) is 0 Å². The van der Waals surface area contributed by atoms with Crippen LogP contribution in [-0.2, 0) is 16.7 Å². The molecule has 27 heavy (non-hydrogen) atoms. The minimum atomic E-state index is -3.59. The van der Waals surface area contributed by atoms with Crippen molar-refractivity contribution in [3.63, 3.8) is 0 Å². The Labute approximate surface area is 159 Å². The highest BCUT2D eigenvalue weighted by Gasteiger charge is 2.19. The lowest BCUT2D eigenvalue weighted by molar-refractivity contribution is 0.187. The van der Waals surface area contributed by atoms with Crippen molar-refractivity contribution in [1.29, 1.82) is 0 Å². The smallest absolute Gasteiger partial charge is 0.322 e. The molecule has 0 spiro atoms. The number of rotatable bonds is 7. The van der Waals surface area contributed by atoms with Gasteiger partial charge in [-0.3, -0.25) is 0 Å². The van der Waals surface area contributed by atoms with Crippen LogP contribution in [0.25, 0.3) is 0 Å². The highest BCUT2D eigenvalue weighted by atomic mass is 32.2. The van der Waals surface area contributed by atoms with Crippen molar-refractivity contribution in [2.24, 2.45) is 0 Å². The number of carbonyl (C=O) groups is 1. The van der Waals surface area contributed by atoms with Gasteiger partial charge in [-0.25, -0.2) is 9.18 Å². The van der Waals surface area contributed by atoms with Gasteiger partial charge in [0, 0.05) is 18.3 Å². The molecule has 0 aliphatic carbocycles. The van der Waals surface area contributed by atoms with Crippen molar-refractivity contribution < 1.29 is 21.8 Å². The zero-order valence-corrected chi connectivity index (χ0v) is 16.3. The van der Waals surface area contributed by atoms with Crippen LogP contribution in [0.4, 0.5) is 14.9 Å². The molecule has 8 heteroatoms. The van der Waals surface area contributed by atoms with Gasteiger partial charge in [0.25, 0.3) is 0 Å². The van der Waals surface area contributed by atoms with Gasteiger partial charge >= 0.3 is 16.1 Å². The molecule has 2 aromatic rings. The van der Waals surface area contributed by atoms with Gasteiger partial charge in [0.2, 0.25) is 0 Å². The van der Waals surface area contributed by atoms with Crippen LogP contribution in [0, 0.1) is 5.82 Å². The number of nitrogens with zero attached hydrogens (tertiary/aromatic N) is 1. The Hall–Kier alpha value is -2.61. The third kappa shape index (κ3) is 6.56. The van der Waals surface area contributed by atoms with E-state index in [4.69, 9.17) is 4.18 Å². The number of nitrogens with one attached hydrogen (secondary N) is 1. The summed E-state index contributed by atoms with van der Waals surface area (Å²) in [5, 5.41) is 2.70. The van der Waals surface area contributed by atoms with Gasteiger partial charge in [0.05, 0.1) is 6.26 Å². The van der Waals surface area contributed by atoms with Gasteiger partial charge in [-0.1, -0.05) is 25.1 Å². The second kappa shape index (κ2) is 8.85. The van der Waals surface area contributed by atoms with E-state index in [1.165, 1.54) is 30.3 Å². The summed E-state index contributed by atoms with van der Waals surface area (Å²) in [5.74, 6) is -0.218. The van der Waals surface area contributed by atoms with Crippen molar-refractivity contribution in [2.75, 3.05) is 11.6 Å². The SMILES string of the molecule is CCC(C)N(Cc1ccc(OS(C)(=O)=O)cc1)C(=O)Nc1cccc(F)c1. The quantitative estimate of drug-likeness (QED) is 0.721. The standard InChI is InChI=1S/C19H23FN2O4S/c1-4-14(2)22(19(23)21-17-7-5-6-16(20)12-17)13-15-8-10-18(11-9-15)26-27(3,24)25/h5-12,14H,4,13H2,1-3H3,(H,21,23). The Bertz CT molecular complexity index is 885. The lowest BCUT2D eigenvalue weighted by atomic mass is 10.1. The van der Waals surface area contributed by atoms with Crippen LogP contribution in [0.1, 0.15) is 25.8 Å². The first-order valence-corrected chi connectivity index (χ1v) is 10.3. The molecule has 1 N–H and O–H groups in total. The maximum Gasteiger partial charge on any atom is 0.322 e. The van der Waals surface area contributed by atoms with E-state index in [1.54, 1.807) is 23.1 Å². The average molecular weight is 394 g/mol. The predicted molar refractivity (Wildman–Crippen MR) is 103 cm³/mol. The second-order valence-corrected chi connectivity index (χ2v) is 7.83. The molecule has 0 aliphatic rings. The zero-order valence-electron chi connectivity index (χ0n) is 15.5. The first-order chi connectivity index (χ1) is 12.7. The maximum atomic E-state index is 13.3. The molecule has 1 atom stereocenters. The largest absolute Gasteiger partial charge is 0.383 e. The number of urea groups is 1. The Kier molecular flexibility index (Phi) is 6.79. The number of halogens is 1. The minimum Gasteiger partial charge on any atom is -0.383 e. The monoisotopic (exact) mass is 394 g/mol.